The highest BCUT2D eigenvalue weighted by Gasteiger charge is 2.15. The number of carbonyl (C=O) groups excluding carboxylic acids is 1. The van der Waals surface area contributed by atoms with E-state index in [4.69, 9.17) is 0 Å². The van der Waals surface area contributed by atoms with Gasteiger partial charge in [-0.1, -0.05) is 24.3 Å². The van der Waals surface area contributed by atoms with Crippen molar-refractivity contribution in [2.75, 3.05) is 39.6 Å². The van der Waals surface area contributed by atoms with E-state index in [1.807, 2.05) is 28.2 Å². The van der Waals surface area contributed by atoms with Gasteiger partial charge in [-0.3, -0.25) is 4.79 Å². The fourth-order valence-corrected chi connectivity index (χ4v) is 2.65. The van der Waals surface area contributed by atoms with Crippen LogP contribution in [0.5, 0.6) is 0 Å². The van der Waals surface area contributed by atoms with Gasteiger partial charge in [-0.15, -0.1) is 0 Å². The second-order valence-corrected chi connectivity index (χ2v) is 6.57. The van der Waals surface area contributed by atoms with E-state index in [1.165, 1.54) is 12.1 Å². The van der Waals surface area contributed by atoms with Crippen LogP contribution in [0.4, 0.5) is 10.1 Å². The number of likely N-dealkylation sites (N-methyl/N-ethyl adjacent to an activating group) is 1. The van der Waals surface area contributed by atoms with Crippen LogP contribution in [-0.4, -0.2) is 45.5 Å². The molecule has 0 spiro atoms. The van der Waals surface area contributed by atoms with Crippen molar-refractivity contribution < 1.29 is 9.18 Å². The SMILES string of the molecule is CN(C)c1ccc([C@H](CNC(=O)Cc2ccc(F)cc2)N(C)C)cc1. The highest BCUT2D eigenvalue weighted by atomic mass is 19.1. The Morgan fingerprint density at radius 2 is 1.60 bits per heavy atom. The fourth-order valence-electron chi connectivity index (χ4n) is 2.65. The van der Waals surface area contributed by atoms with Crippen LogP contribution < -0.4 is 10.2 Å². The van der Waals surface area contributed by atoms with Crippen LogP contribution in [0.2, 0.25) is 0 Å². The Morgan fingerprint density at radius 3 is 2.12 bits per heavy atom. The summed E-state index contributed by atoms with van der Waals surface area (Å²) in [6.45, 7) is 0.522. The first-order valence-electron chi connectivity index (χ1n) is 8.31. The van der Waals surface area contributed by atoms with Crippen LogP contribution >= 0.6 is 0 Å². The molecule has 134 valence electrons. The van der Waals surface area contributed by atoms with Gasteiger partial charge in [0, 0.05) is 26.3 Å². The Hall–Kier alpha value is -2.40. The number of hydrogen-bond acceptors (Lipinski definition) is 3. The Balaban J connectivity index is 1.96. The van der Waals surface area contributed by atoms with Crippen molar-refractivity contribution in [3.05, 3.63) is 65.5 Å². The molecule has 0 aliphatic rings. The molecule has 0 bridgehead atoms. The Labute approximate surface area is 149 Å². The summed E-state index contributed by atoms with van der Waals surface area (Å²) in [7, 11) is 8.01. The molecule has 0 heterocycles. The van der Waals surface area contributed by atoms with E-state index in [2.05, 4.69) is 39.4 Å². The van der Waals surface area contributed by atoms with Gasteiger partial charge < -0.3 is 15.1 Å². The molecule has 2 aromatic rings. The molecule has 1 atom stereocenters. The van der Waals surface area contributed by atoms with Gasteiger partial charge in [0.2, 0.25) is 5.91 Å². The second-order valence-electron chi connectivity index (χ2n) is 6.57. The van der Waals surface area contributed by atoms with Gasteiger partial charge in [-0.2, -0.15) is 0 Å². The first kappa shape index (κ1) is 18.9. The lowest BCUT2D eigenvalue weighted by atomic mass is 10.0. The fraction of sp³-hybridized carbons (Fsp3) is 0.350. The van der Waals surface area contributed by atoms with Crippen LogP contribution in [0.15, 0.2) is 48.5 Å². The molecule has 0 aromatic heterocycles. The molecular formula is C20H26FN3O. The zero-order chi connectivity index (χ0) is 18.4. The Bertz CT molecular complexity index is 681. The summed E-state index contributed by atoms with van der Waals surface area (Å²) in [5.41, 5.74) is 3.09. The van der Waals surface area contributed by atoms with E-state index >= 15 is 0 Å². The number of nitrogens with one attached hydrogen (secondary N) is 1. The lowest BCUT2D eigenvalue weighted by Gasteiger charge is -2.26. The predicted molar refractivity (Wildman–Crippen MR) is 100 cm³/mol. The number of amides is 1. The van der Waals surface area contributed by atoms with E-state index in [0.29, 0.717) is 6.54 Å². The normalized spacial score (nSPS) is 12.1. The number of carbonyl (C=O) groups is 1. The molecule has 1 amide bonds. The van der Waals surface area contributed by atoms with Crippen molar-refractivity contribution in [1.82, 2.24) is 10.2 Å². The van der Waals surface area contributed by atoms with Crippen molar-refractivity contribution in [2.24, 2.45) is 0 Å². The van der Waals surface area contributed by atoms with Crippen molar-refractivity contribution >= 4 is 11.6 Å². The topological polar surface area (TPSA) is 35.6 Å². The first-order chi connectivity index (χ1) is 11.9. The average Bonchev–Trinajstić information content (AvgIpc) is 2.57. The molecule has 25 heavy (non-hydrogen) atoms. The van der Waals surface area contributed by atoms with E-state index in [-0.39, 0.29) is 24.2 Å². The number of nitrogens with zero attached hydrogens (tertiary/aromatic N) is 2. The lowest BCUT2D eigenvalue weighted by molar-refractivity contribution is -0.120. The smallest absolute Gasteiger partial charge is 0.224 e. The summed E-state index contributed by atoms with van der Waals surface area (Å²) < 4.78 is 12.9. The van der Waals surface area contributed by atoms with Crippen molar-refractivity contribution in [3.63, 3.8) is 0 Å². The molecule has 4 nitrogen and oxygen atoms in total. The highest BCUT2D eigenvalue weighted by molar-refractivity contribution is 5.78. The maximum Gasteiger partial charge on any atom is 0.224 e. The Morgan fingerprint density at radius 1 is 1.00 bits per heavy atom. The summed E-state index contributed by atoms with van der Waals surface area (Å²) >= 11 is 0. The molecule has 0 fully saturated rings. The molecule has 1 N–H and O–H groups in total. The summed E-state index contributed by atoms with van der Waals surface area (Å²) in [4.78, 5) is 16.3. The third kappa shape index (κ3) is 5.57. The highest BCUT2D eigenvalue weighted by Crippen LogP contribution is 2.21. The minimum atomic E-state index is -0.294. The van der Waals surface area contributed by atoms with Crippen LogP contribution in [0, 0.1) is 5.82 Å². The molecule has 0 aliphatic heterocycles. The largest absolute Gasteiger partial charge is 0.378 e. The molecule has 0 saturated heterocycles. The lowest BCUT2D eigenvalue weighted by Crippen LogP contribution is -2.35. The zero-order valence-corrected chi connectivity index (χ0v) is 15.3. The van der Waals surface area contributed by atoms with E-state index in [0.717, 1.165) is 16.8 Å². The van der Waals surface area contributed by atoms with Crippen LogP contribution in [0.1, 0.15) is 17.2 Å². The molecule has 5 heteroatoms. The maximum atomic E-state index is 12.9. The third-order valence-corrected chi connectivity index (χ3v) is 4.19. The average molecular weight is 343 g/mol. The quantitative estimate of drug-likeness (QED) is 0.840. The molecule has 0 unspecified atom stereocenters. The first-order valence-corrected chi connectivity index (χ1v) is 8.31. The van der Waals surface area contributed by atoms with E-state index < -0.39 is 0 Å². The summed E-state index contributed by atoms with van der Waals surface area (Å²) in [5.74, 6) is -0.360. The van der Waals surface area contributed by atoms with E-state index in [9.17, 15) is 9.18 Å². The zero-order valence-electron chi connectivity index (χ0n) is 15.3. The minimum absolute atomic E-state index is 0.0663. The van der Waals surface area contributed by atoms with Crippen molar-refractivity contribution in [1.29, 1.82) is 0 Å². The van der Waals surface area contributed by atoms with Crippen LogP contribution in [0.3, 0.4) is 0 Å². The molecule has 0 aliphatic carbocycles. The maximum absolute atomic E-state index is 12.9. The standard InChI is InChI=1S/C20H26FN3O/c1-23(2)18-11-7-16(8-12-18)19(24(3)4)14-22-20(25)13-15-5-9-17(21)10-6-15/h5-12,19H,13-14H2,1-4H3,(H,22,25)/t19-/m0/s1. The Kier molecular flexibility index (Phi) is 6.53. The van der Waals surface area contributed by atoms with Gasteiger partial charge in [0.25, 0.3) is 0 Å². The van der Waals surface area contributed by atoms with Gasteiger partial charge in [0.05, 0.1) is 12.5 Å². The molecule has 0 radical (unpaired) electrons. The monoisotopic (exact) mass is 343 g/mol. The van der Waals surface area contributed by atoms with Crippen LogP contribution in [0.25, 0.3) is 0 Å². The van der Waals surface area contributed by atoms with Gasteiger partial charge in [0.1, 0.15) is 5.82 Å². The molecular weight excluding hydrogens is 317 g/mol. The molecule has 2 aromatic carbocycles. The summed E-state index contributed by atoms with van der Waals surface area (Å²) in [6, 6.07) is 14.4. The summed E-state index contributed by atoms with van der Waals surface area (Å²) in [6.07, 6.45) is 0.250. The van der Waals surface area contributed by atoms with Crippen LogP contribution in [-0.2, 0) is 11.2 Å². The second kappa shape index (κ2) is 8.62. The number of anilines is 1. The number of benzene rings is 2. The predicted octanol–water partition coefficient (Wildman–Crippen LogP) is 2.85. The number of hydrogen-bond donors (Lipinski definition) is 1. The van der Waals surface area contributed by atoms with Gasteiger partial charge in [0.15, 0.2) is 0 Å². The number of halogens is 1. The van der Waals surface area contributed by atoms with Crippen molar-refractivity contribution in [2.45, 2.75) is 12.5 Å². The van der Waals surface area contributed by atoms with Gasteiger partial charge in [-0.05, 0) is 49.5 Å². The minimum Gasteiger partial charge on any atom is -0.378 e. The van der Waals surface area contributed by atoms with Gasteiger partial charge in [-0.25, -0.2) is 4.39 Å². The summed E-state index contributed by atoms with van der Waals surface area (Å²) in [5, 5.41) is 2.98. The third-order valence-electron chi connectivity index (χ3n) is 4.19. The van der Waals surface area contributed by atoms with E-state index in [1.54, 1.807) is 12.1 Å². The molecule has 0 saturated carbocycles. The number of rotatable bonds is 7. The van der Waals surface area contributed by atoms with Crippen molar-refractivity contribution in [3.8, 4) is 0 Å². The van der Waals surface area contributed by atoms with Gasteiger partial charge >= 0.3 is 0 Å². The molecule has 2 rings (SSSR count).